The van der Waals surface area contributed by atoms with Gasteiger partial charge in [-0.25, -0.2) is 0 Å². The Balaban J connectivity index is 3.10. The van der Waals surface area contributed by atoms with Crippen molar-refractivity contribution >= 4 is 0 Å². The van der Waals surface area contributed by atoms with Gasteiger partial charge >= 0.3 is 0 Å². The topological polar surface area (TPSA) is 78.4 Å². The van der Waals surface area contributed by atoms with E-state index in [4.69, 9.17) is 5.73 Å². The second-order valence-electron chi connectivity index (χ2n) is 4.48. The zero-order valence-electron chi connectivity index (χ0n) is 10.9. The summed E-state index contributed by atoms with van der Waals surface area (Å²) in [5.74, 6) is 0. The normalized spacial score (nSPS) is 12.4. The van der Waals surface area contributed by atoms with E-state index < -0.39 is 11.3 Å². The Kier molecular flexibility index (Phi) is 11.1. The SMILES string of the molecule is CCCCCCCCCCCC(N)O[N+](=O)[O-]. The van der Waals surface area contributed by atoms with Crippen LogP contribution in [0.5, 0.6) is 0 Å². The zero-order valence-corrected chi connectivity index (χ0v) is 10.9. The highest BCUT2D eigenvalue weighted by molar-refractivity contribution is 4.50. The molecular weight excluding hydrogens is 220 g/mol. The maximum Gasteiger partial charge on any atom is 0.296 e. The van der Waals surface area contributed by atoms with Crippen LogP contribution in [0.4, 0.5) is 0 Å². The number of rotatable bonds is 12. The third kappa shape index (κ3) is 13.1. The minimum Gasteiger partial charge on any atom is -0.306 e. The fraction of sp³-hybridized carbons (Fsp3) is 1.00. The van der Waals surface area contributed by atoms with Crippen LogP contribution in [-0.4, -0.2) is 11.3 Å². The third-order valence-corrected chi connectivity index (χ3v) is 2.81. The second kappa shape index (κ2) is 11.6. The molecule has 0 aromatic heterocycles. The number of hydrogen-bond acceptors (Lipinski definition) is 4. The molecule has 102 valence electrons. The predicted octanol–water partition coefficient (Wildman–Crippen LogP) is 3.40. The van der Waals surface area contributed by atoms with Gasteiger partial charge in [-0.3, -0.25) is 4.84 Å². The van der Waals surface area contributed by atoms with Crippen molar-refractivity contribution in [1.29, 1.82) is 0 Å². The lowest BCUT2D eigenvalue weighted by Crippen LogP contribution is -2.26. The predicted molar refractivity (Wildman–Crippen MR) is 67.9 cm³/mol. The monoisotopic (exact) mass is 246 g/mol. The molecule has 0 heterocycles. The van der Waals surface area contributed by atoms with Crippen molar-refractivity contribution in [3.8, 4) is 0 Å². The molecule has 0 amide bonds. The van der Waals surface area contributed by atoms with E-state index in [9.17, 15) is 10.1 Å². The minimum absolute atomic E-state index is 0.566. The lowest BCUT2D eigenvalue weighted by Gasteiger charge is -2.08. The molecule has 5 nitrogen and oxygen atoms in total. The quantitative estimate of drug-likeness (QED) is 0.248. The Morgan fingerprint density at radius 2 is 1.53 bits per heavy atom. The van der Waals surface area contributed by atoms with Crippen molar-refractivity contribution in [3.63, 3.8) is 0 Å². The summed E-state index contributed by atoms with van der Waals surface area (Å²) in [5, 5.41) is 9.15. The van der Waals surface area contributed by atoms with Gasteiger partial charge in [-0.05, 0) is 12.8 Å². The smallest absolute Gasteiger partial charge is 0.296 e. The molecule has 0 saturated carbocycles. The number of hydrogen-bond donors (Lipinski definition) is 1. The van der Waals surface area contributed by atoms with Gasteiger partial charge in [0, 0.05) is 0 Å². The average Bonchev–Trinajstić information content (AvgIpc) is 2.26. The molecule has 17 heavy (non-hydrogen) atoms. The van der Waals surface area contributed by atoms with Crippen LogP contribution in [0.3, 0.4) is 0 Å². The maximum absolute atomic E-state index is 9.97. The zero-order chi connectivity index (χ0) is 12.9. The lowest BCUT2D eigenvalue weighted by molar-refractivity contribution is -0.768. The molecule has 2 N–H and O–H groups in total. The van der Waals surface area contributed by atoms with Gasteiger partial charge in [-0.15, -0.1) is 10.1 Å². The molecule has 0 spiro atoms. The molecule has 0 aliphatic rings. The maximum atomic E-state index is 9.97. The molecule has 5 heteroatoms. The summed E-state index contributed by atoms with van der Waals surface area (Å²) in [6, 6.07) is 0. The summed E-state index contributed by atoms with van der Waals surface area (Å²) >= 11 is 0. The van der Waals surface area contributed by atoms with Crippen molar-refractivity contribution < 1.29 is 9.92 Å². The van der Waals surface area contributed by atoms with E-state index in [0.717, 1.165) is 12.8 Å². The van der Waals surface area contributed by atoms with Gasteiger partial charge < -0.3 is 5.73 Å². The fourth-order valence-corrected chi connectivity index (χ4v) is 1.82. The van der Waals surface area contributed by atoms with Gasteiger partial charge in [0.25, 0.3) is 5.09 Å². The molecule has 0 aliphatic heterocycles. The number of nitrogens with two attached hydrogens (primary N) is 1. The first-order chi connectivity index (χ1) is 8.16. The first-order valence-electron chi connectivity index (χ1n) is 6.73. The highest BCUT2D eigenvalue weighted by Crippen LogP contribution is 2.11. The van der Waals surface area contributed by atoms with E-state index in [-0.39, 0.29) is 0 Å². The Morgan fingerprint density at radius 1 is 1.06 bits per heavy atom. The van der Waals surface area contributed by atoms with E-state index in [1.165, 1.54) is 44.9 Å². The second-order valence-corrected chi connectivity index (χ2v) is 4.48. The molecule has 0 aliphatic carbocycles. The van der Waals surface area contributed by atoms with Crippen LogP contribution in [0.2, 0.25) is 0 Å². The summed E-state index contributed by atoms with van der Waals surface area (Å²) in [6.07, 6.45) is 10.9. The molecule has 0 aromatic carbocycles. The highest BCUT2D eigenvalue weighted by atomic mass is 17.0. The van der Waals surface area contributed by atoms with E-state index >= 15 is 0 Å². The standard InChI is InChI=1S/C12H26N2O3/c1-2-3-4-5-6-7-8-9-10-11-12(13)17-14(15)16/h12H,2-11,13H2,1H3. The van der Waals surface area contributed by atoms with Gasteiger partial charge in [-0.1, -0.05) is 58.3 Å². The van der Waals surface area contributed by atoms with Crippen molar-refractivity contribution in [2.75, 3.05) is 0 Å². The number of unbranched alkanes of at least 4 members (excludes halogenated alkanes) is 8. The molecule has 0 aromatic rings. The van der Waals surface area contributed by atoms with E-state index in [1.807, 2.05) is 0 Å². The molecule has 0 fully saturated rings. The van der Waals surface area contributed by atoms with E-state index in [1.54, 1.807) is 0 Å². The van der Waals surface area contributed by atoms with Crippen LogP contribution in [0, 0.1) is 10.1 Å². The summed E-state index contributed by atoms with van der Waals surface area (Å²) in [6.45, 7) is 2.22. The molecule has 1 atom stereocenters. The molecule has 0 saturated heterocycles. The molecule has 1 unspecified atom stereocenters. The van der Waals surface area contributed by atoms with Gasteiger partial charge in [-0.2, -0.15) is 0 Å². The van der Waals surface area contributed by atoms with Crippen LogP contribution in [0.1, 0.15) is 71.1 Å². The van der Waals surface area contributed by atoms with Crippen molar-refractivity contribution in [3.05, 3.63) is 10.1 Å². The summed E-state index contributed by atoms with van der Waals surface area (Å²) in [5.41, 5.74) is 5.41. The van der Waals surface area contributed by atoms with Crippen LogP contribution in [0.15, 0.2) is 0 Å². The lowest BCUT2D eigenvalue weighted by atomic mass is 10.1. The van der Waals surface area contributed by atoms with Crippen molar-refractivity contribution in [2.24, 2.45) is 5.73 Å². The summed E-state index contributed by atoms with van der Waals surface area (Å²) < 4.78 is 0. The highest BCUT2D eigenvalue weighted by Gasteiger charge is 2.06. The Hall–Kier alpha value is -0.840. The van der Waals surface area contributed by atoms with Gasteiger partial charge in [0.1, 0.15) is 0 Å². The van der Waals surface area contributed by atoms with E-state index in [2.05, 4.69) is 11.8 Å². The average molecular weight is 246 g/mol. The fourth-order valence-electron chi connectivity index (χ4n) is 1.82. The van der Waals surface area contributed by atoms with Crippen molar-refractivity contribution in [1.82, 2.24) is 0 Å². The Bertz CT molecular complexity index is 189. The van der Waals surface area contributed by atoms with Gasteiger partial charge in [0.15, 0.2) is 6.23 Å². The summed E-state index contributed by atoms with van der Waals surface area (Å²) in [7, 11) is 0. The van der Waals surface area contributed by atoms with Crippen LogP contribution >= 0.6 is 0 Å². The van der Waals surface area contributed by atoms with Gasteiger partial charge in [0.2, 0.25) is 0 Å². The Morgan fingerprint density at radius 3 is 2.00 bits per heavy atom. The first-order valence-corrected chi connectivity index (χ1v) is 6.73. The molecule has 0 radical (unpaired) electrons. The van der Waals surface area contributed by atoms with Crippen molar-refractivity contribution in [2.45, 2.75) is 77.4 Å². The first kappa shape index (κ1) is 16.2. The molecule has 0 rings (SSSR count). The summed E-state index contributed by atoms with van der Waals surface area (Å²) in [4.78, 5) is 14.2. The van der Waals surface area contributed by atoms with Crippen LogP contribution < -0.4 is 5.73 Å². The van der Waals surface area contributed by atoms with Crippen LogP contribution in [0.25, 0.3) is 0 Å². The molecular formula is C12H26N2O3. The van der Waals surface area contributed by atoms with Crippen LogP contribution in [-0.2, 0) is 4.84 Å². The Labute approximate surface area is 104 Å². The molecule has 0 bridgehead atoms. The van der Waals surface area contributed by atoms with Gasteiger partial charge in [0.05, 0.1) is 0 Å². The minimum atomic E-state index is -0.821. The number of nitrogens with zero attached hydrogens (tertiary/aromatic N) is 1. The third-order valence-electron chi connectivity index (χ3n) is 2.81. The largest absolute Gasteiger partial charge is 0.306 e. The van der Waals surface area contributed by atoms with E-state index in [0.29, 0.717) is 6.42 Å².